The lowest BCUT2D eigenvalue weighted by Crippen LogP contribution is -2.54. The Hall–Kier alpha value is -0.990. The molecule has 0 bridgehead atoms. The summed E-state index contributed by atoms with van der Waals surface area (Å²) in [6.45, 7) is 9.19. The van der Waals surface area contributed by atoms with E-state index in [4.69, 9.17) is 25.3 Å². The molecule has 1 unspecified atom stereocenters. The van der Waals surface area contributed by atoms with Crippen molar-refractivity contribution in [3.63, 3.8) is 0 Å². The largest absolute Gasteiger partial charge is 0.347 e. The van der Waals surface area contributed by atoms with Gasteiger partial charge in [-0.15, -0.1) is 11.6 Å². The molecule has 28 heavy (non-hydrogen) atoms. The van der Waals surface area contributed by atoms with Crippen LogP contribution in [0, 0.1) is 12.8 Å². The molecule has 0 amide bonds. The first-order valence-corrected chi connectivity index (χ1v) is 11.1. The fourth-order valence-corrected chi connectivity index (χ4v) is 5.23. The van der Waals surface area contributed by atoms with Gasteiger partial charge in [-0.1, -0.05) is 17.7 Å². The average Bonchev–Trinajstić information content (AvgIpc) is 2.86. The molecule has 1 aliphatic carbocycles. The molecule has 2 fully saturated rings. The molecule has 0 aromatic heterocycles. The van der Waals surface area contributed by atoms with Crippen LogP contribution < -0.4 is 0 Å². The normalized spacial score (nSPS) is 35.9. The highest BCUT2D eigenvalue weighted by molar-refractivity contribution is 7.86. The van der Waals surface area contributed by atoms with Crippen molar-refractivity contribution in [2.45, 2.75) is 74.7 Å². The number of ketones is 1. The lowest BCUT2D eigenvalue weighted by Gasteiger charge is -2.43. The van der Waals surface area contributed by atoms with Crippen LogP contribution in [0.2, 0.25) is 0 Å². The minimum atomic E-state index is -4.07. The first-order valence-electron chi connectivity index (χ1n) is 9.31. The molecular weight excluding hydrogens is 404 g/mol. The molecule has 1 aromatic carbocycles. The van der Waals surface area contributed by atoms with Crippen LogP contribution in [-0.2, 0) is 28.6 Å². The van der Waals surface area contributed by atoms with E-state index in [9.17, 15) is 13.2 Å². The molecule has 2 aliphatic rings. The molecule has 1 aliphatic heterocycles. The van der Waals surface area contributed by atoms with Crippen molar-refractivity contribution in [1.82, 2.24) is 0 Å². The first-order chi connectivity index (χ1) is 12.8. The van der Waals surface area contributed by atoms with Crippen molar-refractivity contribution in [2.75, 3.05) is 6.61 Å². The van der Waals surface area contributed by atoms with Gasteiger partial charge < -0.3 is 9.47 Å². The van der Waals surface area contributed by atoms with Crippen molar-refractivity contribution >= 4 is 27.5 Å². The van der Waals surface area contributed by atoms with Crippen LogP contribution in [0.15, 0.2) is 29.2 Å². The summed E-state index contributed by atoms with van der Waals surface area (Å²) in [6.07, 6.45) is -0.552. The molecular formula is C20H27ClO6S. The van der Waals surface area contributed by atoms with Gasteiger partial charge in [-0.25, -0.2) is 0 Å². The number of halogens is 1. The van der Waals surface area contributed by atoms with E-state index in [1.165, 1.54) is 19.1 Å². The van der Waals surface area contributed by atoms with E-state index < -0.39 is 32.5 Å². The lowest BCUT2D eigenvalue weighted by molar-refractivity contribution is -0.175. The average molecular weight is 431 g/mol. The quantitative estimate of drug-likeness (QED) is 0.536. The van der Waals surface area contributed by atoms with Gasteiger partial charge in [0, 0.05) is 6.42 Å². The van der Waals surface area contributed by atoms with Gasteiger partial charge in [-0.05, 0) is 59.1 Å². The minimum Gasteiger partial charge on any atom is -0.347 e. The third-order valence-corrected chi connectivity index (χ3v) is 7.47. The molecule has 0 N–H and O–H groups in total. The van der Waals surface area contributed by atoms with E-state index in [0.29, 0.717) is 6.61 Å². The van der Waals surface area contributed by atoms with E-state index in [1.807, 2.05) is 27.7 Å². The Bertz CT molecular complexity index is 861. The Balaban J connectivity index is 1.86. The van der Waals surface area contributed by atoms with Crippen LogP contribution in [0.5, 0.6) is 0 Å². The zero-order valence-electron chi connectivity index (χ0n) is 16.8. The molecule has 6 nitrogen and oxygen atoms in total. The van der Waals surface area contributed by atoms with E-state index in [2.05, 4.69) is 0 Å². The first kappa shape index (κ1) is 21.7. The summed E-state index contributed by atoms with van der Waals surface area (Å²) in [5.41, 5.74) is 0.213. The fraction of sp³-hybridized carbons (Fsp3) is 0.650. The number of carbonyl (C=O) groups is 1. The molecule has 4 atom stereocenters. The second-order valence-corrected chi connectivity index (χ2v) is 10.9. The van der Waals surface area contributed by atoms with Gasteiger partial charge in [0.2, 0.25) is 0 Å². The number of ether oxygens (including phenoxy) is 2. The maximum atomic E-state index is 12.8. The van der Waals surface area contributed by atoms with Gasteiger partial charge in [-0.2, -0.15) is 8.42 Å². The van der Waals surface area contributed by atoms with Gasteiger partial charge in [0.05, 0.1) is 17.1 Å². The van der Waals surface area contributed by atoms with Crippen LogP contribution in [-0.4, -0.2) is 43.2 Å². The van der Waals surface area contributed by atoms with Crippen molar-refractivity contribution in [3.05, 3.63) is 29.8 Å². The van der Waals surface area contributed by atoms with E-state index in [0.717, 1.165) is 5.56 Å². The third-order valence-electron chi connectivity index (χ3n) is 5.68. The van der Waals surface area contributed by atoms with Gasteiger partial charge in [-0.3, -0.25) is 8.98 Å². The zero-order chi connectivity index (χ0) is 21.0. The van der Waals surface area contributed by atoms with Crippen LogP contribution in [0.4, 0.5) is 0 Å². The number of benzene rings is 1. The summed E-state index contributed by atoms with van der Waals surface area (Å²) in [5, 5.41) is 0. The summed E-state index contributed by atoms with van der Waals surface area (Å²) >= 11 is 6.47. The number of carbonyl (C=O) groups excluding carboxylic acids is 1. The monoisotopic (exact) mass is 430 g/mol. The summed E-state index contributed by atoms with van der Waals surface area (Å²) in [6, 6.07) is 6.35. The molecule has 156 valence electrons. The van der Waals surface area contributed by atoms with Crippen LogP contribution in [0.25, 0.3) is 0 Å². The fourth-order valence-electron chi connectivity index (χ4n) is 3.81. The number of rotatable bonds is 4. The molecule has 1 saturated heterocycles. The molecule has 1 aromatic rings. The predicted molar refractivity (Wildman–Crippen MR) is 105 cm³/mol. The number of aryl methyl sites for hydroxylation is 1. The number of hydrogen-bond acceptors (Lipinski definition) is 6. The molecule has 3 rings (SSSR count). The van der Waals surface area contributed by atoms with Gasteiger partial charge in [0.1, 0.15) is 11.0 Å². The maximum absolute atomic E-state index is 12.8. The van der Waals surface area contributed by atoms with Crippen molar-refractivity contribution < 1.29 is 26.9 Å². The number of alkyl halides is 1. The predicted octanol–water partition coefficient (Wildman–Crippen LogP) is 3.59. The summed E-state index contributed by atoms with van der Waals surface area (Å²) in [4.78, 5) is 11.4. The Morgan fingerprint density at radius 3 is 2.29 bits per heavy atom. The Labute approximate surface area is 171 Å². The minimum absolute atomic E-state index is 0.0351. The zero-order valence-corrected chi connectivity index (χ0v) is 18.4. The molecule has 1 saturated carbocycles. The molecule has 0 spiro atoms. The summed E-state index contributed by atoms with van der Waals surface area (Å²) in [7, 11) is -4.07. The molecule has 1 heterocycles. The van der Waals surface area contributed by atoms with Crippen LogP contribution in [0.3, 0.4) is 0 Å². The van der Waals surface area contributed by atoms with Crippen molar-refractivity contribution in [3.8, 4) is 0 Å². The van der Waals surface area contributed by atoms with E-state index >= 15 is 0 Å². The highest BCUT2D eigenvalue weighted by Gasteiger charge is 2.55. The molecule has 0 radical (unpaired) electrons. The lowest BCUT2D eigenvalue weighted by atomic mass is 9.72. The van der Waals surface area contributed by atoms with Crippen molar-refractivity contribution in [2.24, 2.45) is 5.92 Å². The van der Waals surface area contributed by atoms with Crippen LogP contribution >= 0.6 is 11.6 Å². The smallest absolute Gasteiger partial charge is 0.297 e. The highest BCUT2D eigenvalue weighted by atomic mass is 35.5. The summed E-state index contributed by atoms with van der Waals surface area (Å²) < 4.78 is 42.8. The maximum Gasteiger partial charge on any atom is 0.297 e. The van der Waals surface area contributed by atoms with Crippen molar-refractivity contribution in [1.29, 1.82) is 0 Å². The molecule has 8 heteroatoms. The Morgan fingerprint density at radius 2 is 1.75 bits per heavy atom. The number of Topliss-reactive ketones (excluding diaryl/α,β-unsaturated/α-hetero) is 1. The number of hydrogen-bond donors (Lipinski definition) is 0. The van der Waals surface area contributed by atoms with Crippen LogP contribution in [0.1, 0.15) is 46.1 Å². The topological polar surface area (TPSA) is 78.9 Å². The second kappa shape index (κ2) is 7.06. The van der Waals surface area contributed by atoms with E-state index in [-0.39, 0.29) is 29.4 Å². The van der Waals surface area contributed by atoms with Gasteiger partial charge in [0.25, 0.3) is 10.1 Å². The Kier molecular flexibility index (Phi) is 5.47. The van der Waals surface area contributed by atoms with Gasteiger partial charge in [0.15, 0.2) is 11.6 Å². The summed E-state index contributed by atoms with van der Waals surface area (Å²) in [5.74, 6) is -1.29. The van der Waals surface area contributed by atoms with E-state index in [1.54, 1.807) is 12.1 Å². The third kappa shape index (κ3) is 4.14. The van der Waals surface area contributed by atoms with Gasteiger partial charge >= 0.3 is 0 Å². The SMILES string of the molecule is Cc1ccc(S(=O)(=O)O[C@H]2C[C@H](C3(C)COC(C)(C)O3)CC(=O)[C@]2(C)Cl)cc1. The second-order valence-electron chi connectivity index (χ2n) is 8.59. The Morgan fingerprint density at radius 1 is 1.14 bits per heavy atom. The standard InChI is InChI=1S/C20H27ClO6S/c1-13-6-8-15(9-7-13)28(23,24)26-17-11-14(10-16(22)20(17,5)21)19(4)12-25-18(2,3)27-19/h6-9,14,17H,10-12H2,1-5H3/t14-,17+,19?,20+/m1/s1. The highest BCUT2D eigenvalue weighted by Crippen LogP contribution is 2.46.